The lowest BCUT2D eigenvalue weighted by molar-refractivity contribution is -0.106. The molecular formula is C16H16N2O2. The van der Waals surface area contributed by atoms with Crippen LogP contribution in [-0.4, -0.2) is 12.8 Å². The summed E-state index contributed by atoms with van der Waals surface area (Å²) in [4.78, 5) is 21.5. The van der Waals surface area contributed by atoms with E-state index in [1.807, 2.05) is 50.2 Å². The summed E-state index contributed by atoms with van der Waals surface area (Å²) in [5, 5.41) is 5.41. The van der Waals surface area contributed by atoms with Crippen molar-refractivity contribution < 1.29 is 9.59 Å². The van der Waals surface area contributed by atoms with Gasteiger partial charge in [0.25, 0.3) is 0 Å². The zero-order chi connectivity index (χ0) is 14.5. The third kappa shape index (κ3) is 2.85. The van der Waals surface area contributed by atoms with Crippen LogP contribution in [0.4, 0.5) is 11.4 Å². The maximum Gasteiger partial charge on any atom is 0.211 e. The molecule has 4 heteroatoms. The molecule has 0 heterocycles. The number of carbonyl (C=O) groups excluding carboxylic acids is 2. The van der Waals surface area contributed by atoms with Gasteiger partial charge in [-0.1, -0.05) is 24.3 Å². The largest absolute Gasteiger partial charge is 0.328 e. The number of amides is 2. The molecule has 0 unspecified atom stereocenters. The second kappa shape index (κ2) is 6.02. The molecule has 0 fully saturated rings. The van der Waals surface area contributed by atoms with Crippen molar-refractivity contribution in [3.63, 3.8) is 0 Å². The number of hydrogen-bond donors (Lipinski definition) is 2. The Bertz CT molecular complexity index is 593. The average Bonchev–Trinajstić information content (AvgIpc) is 2.41. The molecule has 2 aromatic carbocycles. The second-order valence-electron chi connectivity index (χ2n) is 4.62. The molecule has 0 saturated carbocycles. The molecule has 0 aromatic heterocycles. The van der Waals surface area contributed by atoms with Gasteiger partial charge in [0.15, 0.2) is 0 Å². The summed E-state index contributed by atoms with van der Waals surface area (Å²) in [5.41, 5.74) is 5.28. The van der Waals surface area contributed by atoms with Gasteiger partial charge in [-0.2, -0.15) is 0 Å². The molecular weight excluding hydrogens is 252 g/mol. The van der Waals surface area contributed by atoms with Crippen LogP contribution in [0.1, 0.15) is 11.1 Å². The zero-order valence-corrected chi connectivity index (χ0v) is 11.4. The van der Waals surface area contributed by atoms with Crippen LogP contribution < -0.4 is 10.6 Å². The number of carbonyl (C=O) groups is 2. The van der Waals surface area contributed by atoms with Crippen molar-refractivity contribution >= 4 is 24.2 Å². The topological polar surface area (TPSA) is 58.2 Å². The molecule has 2 amide bonds. The van der Waals surface area contributed by atoms with Gasteiger partial charge in [0, 0.05) is 22.5 Å². The lowest BCUT2D eigenvalue weighted by atomic mass is 9.98. The van der Waals surface area contributed by atoms with E-state index in [9.17, 15) is 9.59 Å². The van der Waals surface area contributed by atoms with E-state index in [2.05, 4.69) is 10.6 Å². The third-order valence-electron chi connectivity index (χ3n) is 3.07. The van der Waals surface area contributed by atoms with Gasteiger partial charge in [-0.05, 0) is 37.1 Å². The average molecular weight is 268 g/mol. The Morgan fingerprint density at radius 1 is 0.750 bits per heavy atom. The first kappa shape index (κ1) is 13.8. The maximum absolute atomic E-state index is 10.8. The normalized spacial score (nSPS) is 9.90. The Hall–Kier alpha value is -2.62. The first-order valence-corrected chi connectivity index (χ1v) is 6.27. The standard InChI is InChI=1S/C16H16N2O2/c1-11-3-5-13(15(7-11)17-9-19)14-6-4-12(2)8-16(14)18-10-20/h3-10H,1-2H3,(H,17,19)(H,18,20). The number of aryl methyl sites for hydroxylation is 2. The predicted molar refractivity (Wildman–Crippen MR) is 80.7 cm³/mol. The third-order valence-corrected chi connectivity index (χ3v) is 3.07. The first-order chi connectivity index (χ1) is 9.65. The van der Waals surface area contributed by atoms with Crippen molar-refractivity contribution in [2.45, 2.75) is 13.8 Å². The SMILES string of the molecule is Cc1ccc(-c2ccc(C)cc2NC=O)c(NC=O)c1. The molecule has 0 aliphatic rings. The molecule has 0 spiro atoms. The van der Waals surface area contributed by atoms with E-state index in [1.165, 1.54) is 0 Å². The molecule has 4 nitrogen and oxygen atoms in total. The van der Waals surface area contributed by atoms with Crippen molar-refractivity contribution in [1.82, 2.24) is 0 Å². The van der Waals surface area contributed by atoms with Crippen LogP contribution in [0, 0.1) is 13.8 Å². The molecule has 2 rings (SSSR count). The van der Waals surface area contributed by atoms with Crippen molar-refractivity contribution in [3.05, 3.63) is 47.5 Å². The highest BCUT2D eigenvalue weighted by molar-refractivity contribution is 5.93. The second-order valence-corrected chi connectivity index (χ2v) is 4.62. The fourth-order valence-electron chi connectivity index (χ4n) is 2.15. The van der Waals surface area contributed by atoms with E-state index < -0.39 is 0 Å². The maximum atomic E-state index is 10.8. The van der Waals surface area contributed by atoms with Crippen molar-refractivity contribution in [1.29, 1.82) is 0 Å². The fraction of sp³-hybridized carbons (Fsp3) is 0.125. The molecule has 2 N–H and O–H groups in total. The molecule has 20 heavy (non-hydrogen) atoms. The van der Waals surface area contributed by atoms with Crippen molar-refractivity contribution in [2.75, 3.05) is 10.6 Å². The van der Waals surface area contributed by atoms with Gasteiger partial charge in [0.2, 0.25) is 12.8 Å². The van der Waals surface area contributed by atoms with Crippen molar-refractivity contribution in [2.24, 2.45) is 0 Å². The zero-order valence-electron chi connectivity index (χ0n) is 11.4. The highest BCUT2D eigenvalue weighted by atomic mass is 16.1. The number of rotatable bonds is 5. The van der Waals surface area contributed by atoms with Gasteiger partial charge < -0.3 is 10.6 Å². The molecule has 0 saturated heterocycles. The minimum absolute atomic E-state index is 0.652. The molecule has 2 aromatic rings. The van der Waals surface area contributed by atoms with Gasteiger partial charge in [0.05, 0.1) is 0 Å². The van der Waals surface area contributed by atoms with E-state index in [0.29, 0.717) is 12.8 Å². The van der Waals surface area contributed by atoms with E-state index >= 15 is 0 Å². The van der Waals surface area contributed by atoms with Gasteiger partial charge >= 0.3 is 0 Å². The Morgan fingerprint density at radius 3 is 1.50 bits per heavy atom. The summed E-state index contributed by atoms with van der Waals surface area (Å²) in [6.07, 6.45) is 1.30. The predicted octanol–water partition coefficient (Wildman–Crippen LogP) is 3.11. The molecule has 0 bridgehead atoms. The minimum atomic E-state index is 0.652. The summed E-state index contributed by atoms with van der Waals surface area (Å²) >= 11 is 0. The quantitative estimate of drug-likeness (QED) is 0.819. The van der Waals surface area contributed by atoms with Crippen LogP contribution in [0.5, 0.6) is 0 Å². The van der Waals surface area contributed by atoms with Crippen LogP contribution in [0.3, 0.4) is 0 Å². The van der Waals surface area contributed by atoms with E-state index in [1.54, 1.807) is 0 Å². The van der Waals surface area contributed by atoms with Crippen LogP contribution in [0.2, 0.25) is 0 Å². The molecule has 0 aliphatic heterocycles. The Morgan fingerprint density at radius 2 is 1.15 bits per heavy atom. The van der Waals surface area contributed by atoms with Gasteiger partial charge in [-0.3, -0.25) is 9.59 Å². The molecule has 0 radical (unpaired) electrons. The summed E-state index contributed by atoms with van der Waals surface area (Å²) < 4.78 is 0. The summed E-state index contributed by atoms with van der Waals surface area (Å²) in [6, 6.07) is 11.6. The Labute approximate surface area is 117 Å². The first-order valence-electron chi connectivity index (χ1n) is 6.27. The number of benzene rings is 2. The van der Waals surface area contributed by atoms with Crippen LogP contribution in [0.25, 0.3) is 11.1 Å². The Kier molecular flexibility index (Phi) is 4.15. The van der Waals surface area contributed by atoms with E-state index in [4.69, 9.17) is 0 Å². The highest BCUT2D eigenvalue weighted by Gasteiger charge is 2.10. The highest BCUT2D eigenvalue weighted by Crippen LogP contribution is 2.34. The summed E-state index contributed by atoms with van der Waals surface area (Å²) in [7, 11) is 0. The van der Waals surface area contributed by atoms with Crippen LogP contribution >= 0.6 is 0 Å². The Balaban J connectivity index is 2.60. The molecule has 0 aliphatic carbocycles. The van der Waals surface area contributed by atoms with E-state index in [0.717, 1.165) is 33.6 Å². The van der Waals surface area contributed by atoms with E-state index in [-0.39, 0.29) is 0 Å². The van der Waals surface area contributed by atoms with Gasteiger partial charge in [-0.15, -0.1) is 0 Å². The summed E-state index contributed by atoms with van der Waals surface area (Å²) in [6.45, 7) is 3.92. The van der Waals surface area contributed by atoms with Gasteiger partial charge in [-0.25, -0.2) is 0 Å². The smallest absolute Gasteiger partial charge is 0.211 e. The fourth-order valence-corrected chi connectivity index (χ4v) is 2.15. The van der Waals surface area contributed by atoms with Crippen LogP contribution in [-0.2, 0) is 9.59 Å². The number of nitrogens with one attached hydrogen (secondary N) is 2. The number of hydrogen-bond acceptors (Lipinski definition) is 2. The van der Waals surface area contributed by atoms with Crippen molar-refractivity contribution in [3.8, 4) is 11.1 Å². The monoisotopic (exact) mass is 268 g/mol. The lowest BCUT2D eigenvalue weighted by Crippen LogP contribution is -2.01. The minimum Gasteiger partial charge on any atom is -0.328 e. The molecule has 102 valence electrons. The van der Waals surface area contributed by atoms with Crippen LogP contribution in [0.15, 0.2) is 36.4 Å². The van der Waals surface area contributed by atoms with Gasteiger partial charge in [0.1, 0.15) is 0 Å². The summed E-state index contributed by atoms with van der Waals surface area (Å²) in [5.74, 6) is 0. The molecule has 0 atom stereocenters. The number of anilines is 2. The lowest BCUT2D eigenvalue weighted by Gasteiger charge is -2.14.